The smallest absolute Gasteiger partial charge is 0.417 e. The molecule has 1 aromatic rings. The van der Waals surface area contributed by atoms with Gasteiger partial charge in [-0.15, -0.1) is 0 Å². The molecule has 6 heteroatoms. The summed E-state index contributed by atoms with van der Waals surface area (Å²) < 4.78 is 37.3. The Labute approximate surface area is 89.1 Å². The number of rotatable bonds is 2. The average Bonchev–Trinajstić information content (AvgIpc) is 2.15. The first-order chi connectivity index (χ1) is 6.86. The molecular formula is C9H7F3O2S. The SMILES string of the molecule is O=C(O)c1ccc(CS)cc1C(F)(F)F. The van der Waals surface area contributed by atoms with E-state index in [0.717, 1.165) is 12.1 Å². The van der Waals surface area contributed by atoms with Crippen LogP contribution in [0.4, 0.5) is 13.2 Å². The van der Waals surface area contributed by atoms with Gasteiger partial charge in [-0.3, -0.25) is 0 Å². The number of hydrogen-bond donors (Lipinski definition) is 2. The minimum Gasteiger partial charge on any atom is -0.478 e. The lowest BCUT2D eigenvalue weighted by Crippen LogP contribution is -2.13. The highest BCUT2D eigenvalue weighted by Crippen LogP contribution is 2.32. The van der Waals surface area contributed by atoms with Crippen molar-refractivity contribution in [2.24, 2.45) is 0 Å². The third-order valence-corrected chi connectivity index (χ3v) is 2.17. The second kappa shape index (κ2) is 4.14. The molecule has 0 fully saturated rings. The summed E-state index contributed by atoms with van der Waals surface area (Å²) >= 11 is 3.82. The molecule has 0 saturated carbocycles. The van der Waals surface area contributed by atoms with Crippen molar-refractivity contribution < 1.29 is 23.1 Å². The topological polar surface area (TPSA) is 37.3 Å². The lowest BCUT2D eigenvalue weighted by Gasteiger charge is -2.11. The Balaban J connectivity index is 3.36. The van der Waals surface area contributed by atoms with Crippen molar-refractivity contribution in [2.45, 2.75) is 11.9 Å². The van der Waals surface area contributed by atoms with E-state index in [1.807, 2.05) is 0 Å². The number of carboxylic acids is 1. The van der Waals surface area contributed by atoms with Crippen molar-refractivity contribution in [1.29, 1.82) is 0 Å². The molecule has 0 aliphatic carbocycles. The number of thiol groups is 1. The molecule has 0 amide bonds. The summed E-state index contributed by atoms with van der Waals surface area (Å²) in [5.41, 5.74) is -1.55. The van der Waals surface area contributed by atoms with Gasteiger partial charge in [0.2, 0.25) is 0 Å². The highest BCUT2D eigenvalue weighted by atomic mass is 32.1. The lowest BCUT2D eigenvalue weighted by molar-refractivity contribution is -0.138. The summed E-state index contributed by atoms with van der Waals surface area (Å²) in [6.45, 7) is 0. The highest BCUT2D eigenvalue weighted by molar-refractivity contribution is 7.79. The van der Waals surface area contributed by atoms with Crippen LogP contribution in [0.25, 0.3) is 0 Å². The number of alkyl halides is 3. The molecule has 0 spiro atoms. The Bertz CT molecular complexity index is 387. The molecule has 1 N–H and O–H groups in total. The molecular weight excluding hydrogens is 229 g/mol. The van der Waals surface area contributed by atoms with E-state index < -0.39 is 23.3 Å². The van der Waals surface area contributed by atoms with Crippen molar-refractivity contribution in [3.05, 3.63) is 34.9 Å². The number of hydrogen-bond acceptors (Lipinski definition) is 2. The van der Waals surface area contributed by atoms with E-state index in [4.69, 9.17) is 5.11 Å². The molecule has 15 heavy (non-hydrogen) atoms. The zero-order valence-corrected chi connectivity index (χ0v) is 8.27. The molecule has 0 aliphatic rings. The lowest BCUT2D eigenvalue weighted by atomic mass is 10.0. The molecule has 0 aliphatic heterocycles. The predicted octanol–water partition coefficient (Wildman–Crippen LogP) is 2.83. The van der Waals surface area contributed by atoms with Crippen molar-refractivity contribution in [1.82, 2.24) is 0 Å². The van der Waals surface area contributed by atoms with Gasteiger partial charge < -0.3 is 5.11 Å². The number of aromatic carboxylic acids is 1. The van der Waals surface area contributed by atoms with E-state index in [0.29, 0.717) is 5.56 Å². The quantitative estimate of drug-likeness (QED) is 0.775. The van der Waals surface area contributed by atoms with Crippen LogP contribution in [-0.4, -0.2) is 11.1 Å². The third-order valence-electron chi connectivity index (χ3n) is 1.80. The first-order valence-electron chi connectivity index (χ1n) is 3.90. The molecule has 0 bridgehead atoms. The van der Waals surface area contributed by atoms with E-state index in [1.165, 1.54) is 6.07 Å². The third kappa shape index (κ3) is 2.65. The van der Waals surface area contributed by atoms with Gasteiger partial charge >= 0.3 is 12.1 Å². The van der Waals surface area contributed by atoms with Gasteiger partial charge in [-0.05, 0) is 17.7 Å². The molecule has 0 radical (unpaired) electrons. The number of carboxylic acid groups (broad SMARTS) is 1. The summed E-state index contributed by atoms with van der Waals surface area (Å²) in [5, 5.41) is 8.57. The summed E-state index contributed by atoms with van der Waals surface area (Å²) in [6, 6.07) is 3.05. The van der Waals surface area contributed by atoms with Gasteiger partial charge in [0, 0.05) is 5.75 Å². The van der Waals surface area contributed by atoms with Crippen LogP contribution < -0.4 is 0 Å². The monoisotopic (exact) mass is 236 g/mol. The van der Waals surface area contributed by atoms with E-state index in [1.54, 1.807) is 0 Å². The summed E-state index contributed by atoms with van der Waals surface area (Å²) in [4.78, 5) is 10.5. The molecule has 82 valence electrons. The van der Waals surface area contributed by atoms with Crippen LogP contribution in [-0.2, 0) is 11.9 Å². The van der Waals surface area contributed by atoms with Gasteiger partial charge in [0.1, 0.15) is 0 Å². The zero-order chi connectivity index (χ0) is 11.6. The van der Waals surface area contributed by atoms with Crippen LogP contribution in [0.2, 0.25) is 0 Å². The molecule has 2 nitrogen and oxygen atoms in total. The fourth-order valence-corrected chi connectivity index (χ4v) is 1.31. The van der Waals surface area contributed by atoms with E-state index in [9.17, 15) is 18.0 Å². The van der Waals surface area contributed by atoms with E-state index in [2.05, 4.69) is 12.6 Å². The normalized spacial score (nSPS) is 11.5. The second-order valence-corrected chi connectivity index (χ2v) is 3.16. The van der Waals surface area contributed by atoms with Gasteiger partial charge in [0.25, 0.3) is 0 Å². The zero-order valence-electron chi connectivity index (χ0n) is 7.38. The number of benzene rings is 1. The Morgan fingerprint density at radius 1 is 1.40 bits per heavy atom. The molecule has 0 aromatic heterocycles. The number of carbonyl (C=O) groups is 1. The molecule has 0 atom stereocenters. The Morgan fingerprint density at radius 3 is 2.40 bits per heavy atom. The van der Waals surface area contributed by atoms with Crippen molar-refractivity contribution in [3.8, 4) is 0 Å². The average molecular weight is 236 g/mol. The minimum atomic E-state index is -4.66. The summed E-state index contributed by atoms with van der Waals surface area (Å²) in [7, 11) is 0. The largest absolute Gasteiger partial charge is 0.478 e. The van der Waals surface area contributed by atoms with Crippen molar-refractivity contribution >= 4 is 18.6 Å². The van der Waals surface area contributed by atoms with Gasteiger partial charge in [-0.1, -0.05) is 6.07 Å². The molecule has 0 saturated heterocycles. The fraction of sp³-hybridized carbons (Fsp3) is 0.222. The predicted molar refractivity (Wildman–Crippen MR) is 51.1 cm³/mol. The fourth-order valence-electron chi connectivity index (χ4n) is 1.11. The maximum Gasteiger partial charge on any atom is 0.417 e. The number of halogens is 3. The Hall–Kier alpha value is -1.17. The van der Waals surface area contributed by atoms with Crippen LogP contribution >= 0.6 is 12.6 Å². The van der Waals surface area contributed by atoms with Gasteiger partial charge in [-0.2, -0.15) is 25.8 Å². The molecule has 0 unspecified atom stereocenters. The Morgan fingerprint density at radius 2 is 2.00 bits per heavy atom. The Kier molecular flexibility index (Phi) is 3.28. The van der Waals surface area contributed by atoms with Crippen LogP contribution in [0.3, 0.4) is 0 Å². The maximum atomic E-state index is 12.4. The van der Waals surface area contributed by atoms with Crippen LogP contribution in [0.15, 0.2) is 18.2 Å². The molecule has 1 aromatic carbocycles. The standard InChI is InChI=1S/C9H7F3O2S/c10-9(11,12)7-3-5(4-15)1-2-6(7)8(13)14/h1-3,15H,4H2,(H,13,14). The van der Waals surface area contributed by atoms with Gasteiger partial charge in [0.15, 0.2) is 0 Å². The van der Waals surface area contributed by atoms with E-state index in [-0.39, 0.29) is 5.75 Å². The second-order valence-electron chi connectivity index (χ2n) is 2.84. The van der Waals surface area contributed by atoms with Crippen LogP contribution in [0.1, 0.15) is 21.5 Å². The minimum absolute atomic E-state index is 0.128. The van der Waals surface area contributed by atoms with E-state index >= 15 is 0 Å². The highest BCUT2D eigenvalue weighted by Gasteiger charge is 2.35. The maximum absolute atomic E-state index is 12.4. The summed E-state index contributed by atoms with van der Waals surface area (Å²) in [6.07, 6.45) is -4.66. The van der Waals surface area contributed by atoms with Gasteiger partial charge in [0.05, 0.1) is 11.1 Å². The molecule has 0 heterocycles. The van der Waals surface area contributed by atoms with Crippen LogP contribution in [0, 0.1) is 0 Å². The first-order valence-corrected chi connectivity index (χ1v) is 4.53. The van der Waals surface area contributed by atoms with Crippen LogP contribution in [0.5, 0.6) is 0 Å². The van der Waals surface area contributed by atoms with Crippen molar-refractivity contribution in [3.63, 3.8) is 0 Å². The van der Waals surface area contributed by atoms with Crippen molar-refractivity contribution in [2.75, 3.05) is 0 Å². The van der Waals surface area contributed by atoms with Gasteiger partial charge in [-0.25, -0.2) is 4.79 Å². The molecule has 1 rings (SSSR count). The summed E-state index contributed by atoms with van der Waals surface area (Å²) in [5.74, 6) is -1.46. The first kappa shape index (κ1) is 11.9.